The summed E-state index contributed by atoms with van der Waals surface area (Å²) in [4.78, 5) is 11.1. The van der Waals surface area contributed by atoms with Crippen LogP contribution in [0.4, 0.5) is 0 Å². The Bertz CT molecular complexity index is 816. The first kappa shape index (κ1) is 22.9. The molecule has 174 valence electrons. The molecule has 3 aliphatic rings. The number of fused-ring (bicyclic) bond motifs is 4. The van der Waals surface area contributed by atoms with Crippen LogP contribution in [0.2, 0.25) is 0 Å². The molecule has 0 amide bonds. The maximum absolute atomic E-state index is 11.1. The van der Waals surface area contributed by atoms with Gasteiger partial charge in [-0.3, -0.25) is 9.48 Å². The summed E-state index contributed by atoms with van der Waals surface area (Å²) in [6.07, 6.45) is 12.4. The number of nitrogens with zero attached hydrogens (tertiary/aromatic N) is 2. The molecule has 0 bridgehead atoms. The molecular formula is C27H44N2O2. The number of carbonyl (C=O) groups is 1. The standard InChI is InChI=1S/C27H44N2O2/c1-7-22-21-10-9-20-14-24-19(16-29(6)28-24)15-27(20,5)23(21)12-13-26(22,4)18(3)17(2)8-11-25(30)31/h16-18,20-23H,7-15H2,1-6H3,(H,30,31). The maximum Gasteiger partial charge on any atom is 0.303 e. The Hall–Kier alpha value is -1.32. The van der Waals surface area contributed by atoms with Gasteiger partial charge in [-0.1, -0.05) is 41.0 Å². The lowest BCUT2D eigenvalue weighted by Gasteiger charge is -2.62. The zero-order valence-corrected chi connectivity index (χ0v) is 20.7. The van der Waals surface area contributed by atoms with E-state index in [0.717, 1.165) is 30.1 Å². The van der Waals surface area contributed by atoms with Crippen LogP contribution in [0.25, 0.3) is 0 Å². The van der Waals surface area contributed by atoms with Crippen LogP contribution in [0.3, 0.4) is 0 Å². The largest absolute Gasteiger partial charge is 0.481 e. The van der Waals surface area contributed by atoms with Gasteiger partial charge in [-0.15, -0.1) is 0 Å². The van der Waals surface area contributed by atoms with Gasteiger partial charge in [0.1, 0.15) is 0 Å². The highest BCUT2D eigenvalue weighted by Gasteiger charge is 2.57. The van der Waals surface area contributed by atoms with Gasteiger partial charge in [-0.2, -0.15) is 5.10 Å². The average Bonchev–Trinajstić information content (AvgIpc) is 3.07. The topological polar surface area (TPSA) is 55.1 Å². The molecule has 8 atom stereocenters. The Balaban J connectivity index is 1.57. The Morgan fingerprint density at radius 3 is 2.71 bits per heavy atom. The van der Waals surface area contributed by atoms with E-state index in [1.54, 1.807) is 0 Å². The molecule has 0 radical (unpaired) electrons. The molecule has 1 N–H and O–H groups in total. The highest BCUT2D eigenvalue weighted by Crippen LogP contribution is 2.64. The van der Waals surface area contributed by atoms with Gasteiger partial charge in [0.25, 0.3) is 0 Å². The molecule has 1 heterocycles. The Kier molecular flexibility index (Phi) is 6.07. The summed E-state index contributed by atoms with van der Waals surface area (Å²) in [6, 6.07) is 0. The second-order valence-corrected chi connectivity index (χ2v) is 12.0. The van der Waals surface area contributed by atoms with E-state index in [4.69, 9.17) is 5.10 Å². The molecule has 4 nitrogen and oxygen atoms in total. The van der Waals surface area contributed by atoms with Crippen molar-refractivity contribution in [3.63, 3.8) is 0 Å². The van der Waals surface area contributed by atoms with Crippen molar-refractivity contribution in [2.75, 3.05) is 0 Å². The molecule has 2 fully saturated rings. The third-order valence-corrected chi connectivity index (χ3v) is 10.7. The van der Waals surface area contributed by atoms with Gasteiger partial charge in [-0.05, 0) is 96.8 Å². The van der Waals surface area contributed by atoms with Gasteiger partial charge >= 0.3 is 5.97 Å². The van der Waals surface area contributed by atoms with Crippen LogP contribution in [0, 0.1) is 46.3 Å². The van der Waals surface area contributed by atoms with E-state index >= 15 is 0 Å². The van der Waals surface area contributed by atoms with Crippen molar-refractivity contribution in [2.45, 2.75) is 92.4 Å². The van der Waals surface area contributed by atoms with Gasteiger partial charge in [0.05, 0.1) is 5.69 Å². The fourth-order valence-corrected chi connectivity index (χ4v) is 8.63. The van der Waals surface area contributed by atoms with E-state index in [0.29, 0.717) is 29.1 Å². The lowest BCUT2D eigenvalue weighted by molar-refractivity contribution is -0.138. The molecular weight excluding hydrogens is 384 g/mol. The highest BCUT2D eigenvalue weighted by molar-refractivity contribution is 5.66. The minimum absolute atomic E-state index is 0.303. The normalized spacial score (nSPS) is 39.2. The third kappa shape index (κ3) is 3.76. The Morgan fingerprint density at radius 2 is 2.03 bits per heavy atom. The Labute approximate surface area is 189 Å². The van der Waals surface area contributed by atoms with Crippen LogP contribution in [0.1, 0.15) is 90.8 Å². The quantitative estimate of drug-likeness (QED) is 0.593. The summed E-state index contributed by atoms with van der Waals surface area (Å²) in [5, 5.41) is 14.0. The number of carboxylic acids is 1. The third-order valence-electron chi connectivity index (χ3n) is 10.7. The second kappa shape index (κ2) is 8.23. The molecule has 0 aromatic carbocycles. The van der Waals surface area contributed by atoms with E-state index in [9.17, 15) is 9.90 Å². The number of aryl methyl sites for hydroxylation is 1. The van der Waals surface area contributed by atoms with Gasteiger partial charge in [0.2, 0.25) is 0 Å². The van der Waals surface area contributed by atoms with Crippen LogP contribution in [0.5, 0.6) is 0 Å². The molecule has 3 aliphatic carbocycles. The van der Waals surface area contributed by atoms with Crippen molar-refractivity contribution in [3.8, 4) is 0 Å². The van der Waals surface area contributed by atoms with Crippen LogP contribution in [-0.2, 0) is 24.7 Å². The zero-order chi connectivity index (χ0) is 22.6. The number of hydrogen-bond acceptors (Lipinski definition) is 2. The molecule has 0 aliphatic heterocycles. The van der Waals surface area contributed by atoms with Gasteiger partial charge in [0.15, 0.2) is 0 Å². The van der Waals surface area contributed by atoms with Gasteiger partial charge < -0.3 is 5.11 Å². The van der Waals surface area contributed by atoms with Crippen LogP contribution in [-0.4, -0.2) is 20.9 Å². The summed E-state index contributed by atoms with van der Waals surface area (Å²) in [6.45, 7) is 12.3. The van der Waals surface area contributed by atoms with Gasteiger partial charge in [0, 0.05) is 19.7 Å². The number of aromatic nitrogens is 2. The number of carboxylic acid groups (broad SMARTS) is 1. The van der Waals surface area contributed by atoms with E-state index in [1.165, 1.54) is 56.2 Å². The lowest BCUT2D eigenvalue weighted by atomic mass is 9.43. The van der Waals surface area contributed by atoms with Crippen LogP contribution < -0.4 is 0 Å². The van der Waals surface area contributed by atoms with Crippen molar-refractivity contribution in [2.24, 2.45) is 53.4 Å². The average molecular weight is 429 g/mol. The van der Waals surface area contributed by atoms with E-state index in [-0.39, 0.29) is 0 Å². The summed E-state index contributed by atoms with van der Waals surface area (Å²) in [7, 11) is 2.07. The van der Waals surface area contributed by atoms with E-state index in [1.807, 2.05) is 4.68 Å². The molecule has 4 heteroatoms. The monoisotopic (exact) mass is 428 g/mol. The minimum Gasteiger partial charge on any atom is -0.481 e. The summed E-state index contributed by atoms with van der Waals surface area (Å²) in [5.41, 5.74) is 3.59. The molecule has 0 spiro atoms. The first-order valence-corrected chi connectivity index (χ1v) is 12.8. The zero-order valence-electron chi connectivity index (χ0n) is 20.7. The summed E-state index contributed by atoms with van der Waals surface area (Å²) >= 11 is 0. The predicted octanol–water partition coefficient (Wildman–Crippen LogP) is 6.13. The molecule has 4 rings (SSSR count). The summed E-state index contributed by atoms with van der Waals surface area (Å²) < 4.78 is 2.02. The summed E-state index contributed by atoms with van der Waals surface area (Å²) in [5.74, 6) is 3.55. The molecule has 31 heavy (non-hydrogen) atoms. The number of hydrogen-bond donors (Lipinski definition) is 1. The lowest BCUT2D eigenvalue weighted by Crippen LogP contribution is -2.56. The van der Waals surface area contributed by atoms with Crippen molar-refractivity contribution in [1.29, 1.82) is 0 Å². The molecule has 1 aromatic rings. The van der Waals surface area contributed by atoms with Crippen molar-refractivity contribution in [3.05, 3.63) is 17.5 Å². The fourth-order valence-electron chi connectivity index (χ4n) is 8.63. The van der Waals surface area contributed by atoms with E-state index in [2.05, 4.69) is 47.9 Å². The molecule has 8 unspecified atom stereocenters. The van der Waals surface area contributed by atoms with Crippen molar-refractivity contribution < 1.29 is 9.90 Å². The number of rotatable bonds is 6. The van der Waals surface area contributed by atoms with Crippen LogP contribution in [0.15, 0.2) is 6.20 Å². The smallest absolute Gasteiger partial charge is 0.303 e. The first-order valence-electron chi connectivity index (χ1n) is 12.8. The molecule has 0 saturated heterocycles. The number of aliphatic carboxylic acids is 1. The molecule has 1 aromatic heterocycles. The molecule has 2 saturated carbocycles. The van der Waals surface area contributed by atoms with Gasteiger partial charge in [-0.25, -0.2) is 0 Å². The van der Waals surface area contributed by atoms with Crippen molar-refractivity contribution >= 4 is 5.97 Å². The second-order valence-electron chi connectivity index (χ2n) is 12.0. The van der Waals surface area contributed by atoms with Crippen LogP contribution >= 0.6 is 0 Å². The Morgan fingerprint density at radius 1 is 1.29 bits per heavy atom. The van der Waals surface area contributed by atoms with E-state index < -0.39 is 5.97 Å². The predicted molar refractivity (Wildman–Crippen MR) is 125 cm³/mol. The fraction of sp³-hybridized carbons (Fsp3) is 0.852. The SMILES string of the molecule is CCC1C2CCC3Cc4nn(C)cc4CC3(C)C2CCC1(C)C(C)C(C)CCC(=O)O. The van der Waals surface area contributed by atoms with Crippen molar-refractivity contribution in [1.82, 2.24) is 9.78 Å². The minimum atomic E-state index is -0.654. The highest BCUT2D eigenvalue weighted by atomic mass is 16.4. The first-order chi connectivity index (χ1) is 14.6. The maximum atomic E-state index is 11.1.